The molecule has 2 aromatic rings. The van der Waals surface area contributed by atoms with Crippen LogP contribution in [0.3, 0.4) is 0 Å². The molecule has 3 rings (SSSR count). The highest BCUT2D eigenvalue weighted by molar-refractivity contribution is 6.14. The van der Waals surface area contributed by atoms with Crippen LogP contribution in [-0.2, 0) is 4.79 Å². The second-order valence-electron chi connectivity index (χ2n) is 6.61. The number of ketones is 1. The highest BCUT2D eigenvalue weighted by Crippen LogP contribution is 2.32. The molecule has 0 aromatic heterocycles. The van der Waals surface area contributed by atoms with Gasteiger partial charge in [-0.05, 0) is 66.3 Å². The Morgan fingerprint density at radius 2 is 1.40 bits per heavy atom. The van der Waals surface area contributed by atoms with Gasteiger partial charge in [0, 0.05) is 22.5 Å². The van der Waals surface area contributed by atoms with E-state index in [1.807, 2.05) is 60.7 Å². The Morgan fingerprint density at radius 3 is 1.88 bits per heavy atom. The Morgan fingerprint density at radius 1 is 0.920 bits per heavy atom. The van der Waals surface area contributed by atoms with E-state index in [4.69, 9.17) is 11.6 Å². The van der Waals surface area contributed by atoms with E-state index in [2.05, 4.69) is 12.3 Å². The number of hydrazine groups is 1. The molecule has 4 heteroatoms. The van der Waals surface area contributed by atoms with E-state index in [0.29, 0.717) is 5.92 Å². The summed E-state index contributed by atoms with van der Waals surface area (Å²) in [6.45, 7) is 2.18. The smallest absolute Gasteiger partial charge is 0.185 e. The quantitative estimate of drug-likeness (QED) is 0.343. The lowest BCUT2D eigenvalue weighted by Gasteiger charge is -2.22. The van der Waals surface area contributed by atoms with E-state index in [-0.39, 0.29) is 5.78 Å². The van der Waals surface area contributed by atoms with Crippen LogP contribution in [0.2, 0.25) is 0 Å². The molecule has 1 fully saturated rings. The number of allylic oxidation sites excluding steroid dienone is 2. The Hall–Kier alpha value is -2.85. The fourth-order valence-corrected chi connectivity index (χ4v) is 3.13. The van der Waals surface area contributed by atoms with Crippen LogP contribution in [-0.4, -0.2) is 5.78 Å². The van der Waals surface area contributed by atoms with E-state index in [0.717, 1.165) is 46.5 Å². The zero-order valence-electron chi connectivity index (χ0n) is 14.3. The van der Waals surface area contributed by atoms with Gasteiger partial charge >= 0.3 is 0 Å². The second-order valence-corrected chi connectivity index (χ2v) is 6.61. The van der Waals surface area contributed by atoms with Crippen LogP contribution in [0.15, 0.2) is 59.7 Å². The molecule has 5 N–H and O–H groups in total. The number of hydrogen-bond donors (Lipinski definition) is 3. The normalized spacial score (nSPS) is 20.9. The van der Waals surface area contributed by atoms with Crippen LogP contribution in [0.5, 0.6) is 0 Å². The van der Waals surface area contributed by atoms with Gasteiger partial charge < -0.3 is 11.2 Å². The standard InChI is InChI=1S/C21H23N3O/c1-14-10-17(12-15-2-6-19(22)7-3-15)21(25)18(11-14)13-16-4-8-20(24-23)9-5-16/h2-9,12-14,24H,10-11,22-23H2,1H3/b17-12+,18-13+. The van der Waals surface area contributed by atoms with Crippen LogP contribution >= 0.6 is 0 Å². The Bertz CT molecular complexity index is 817. The molecule has 0 spiro atoms. The van der Waals surface area contributed by atoms with E-state index in [9.17, 15) is 4.79 Å². The molecule has 1 aliphatic rings. The molecule has 0 heterocycles. The van der Waals surface area contributed by atoms with Gasteiger partial charge in [0.1, 0.15) is 0 Å². The van der Waals surface area contributed by atoms with Gasteiger partial charge in [0.2, 0.25) is 0 Å². The fraction of sp³-hybridized carbons (Fsp3) is 0.190. The third-order valence-corrected chi connectivity index (χ3v) is 4.42. The molecule has 0 amide bonds. The first-order chi connectivity index (χ1) is 12.0. The molecule has 1 atom stereocenters. The molecular weight excluding hydrogens is 310 g/mol. The van der Waals surface area contributed by atoms with Gasteiger partial charge in [-0.1, -0.05) is 31.2 Å². The largest absolute Gasteiger partial charge is 0.399 e. The molecular formula is C21H23N3O. The lowest BCUT2D eigenvalue weighted by molar-refractivity contribution is -0.113. The van der Waals surface area contributed by atoms with Gasteiger partial charge in [-0.15, -0.1) is 0 Å². The predicted molar refractivity (Wildman–Crippen MR) is 104 cm³/mol. The van der Waals surface area contributed by atoms with E-state index in [1.165, 1.54) is 0 Å². The third kappa shape index (κ3) is 4.17. The average molecular weight is 333 g/mol. The molecule has 0 aliphatic heterocycles. The Balaban J connectivity index is 1.88. The Kier molecular flexibility index (Phi) is 5.00. The van der Waals surface area contributed by atoms with Gasteiger partial charge in [-0.2, -0.15) is 0 Å². The number of nitrogen functional groups attached to an aromatic ring is 2. The maximum atomic E-state index is 12.9. The molecule has 1 unspecified atom stereocenters. The molecule has 128 valence electrons. The third-order valence-electron chi connectivity index (χ3n) is 4.42. The monoisotopic (exact) mass is 333 g/mol. The summed E-state index contributed by atoms with van der Waals surface area (Å²) < 4.78 is 0. The maximum absolute atomic E-state index is 12.9. The number of benzene rings is 2. The van der Waals surface area contributed by atoms with Crippen LogP contribution < -0.4 is 17.0 Å². The molecule has 0 saturated heterocycles. The molecule has 0 bridgehead atoms. The molecule has 25 heavy (non-hydrogen) atoms. The van der Waals surface area contributed by atoms with Gasteiger partial charge in [-0.3, -0.25) is 10.6 Å². The number of rotatable bonds is 3. The van der Waals surface area contributed by atoms with Crippen molar-refractivity contribution in [2.75, 3.05) is 11.2 Å². The zero-order valence-corrected chi connectivity index (χ0v) is 14.3. The maximum Gasteiger partial charge on any atom is 0.185 e. The molecule has 1 aliphatic carbocycles. The number of Topliss-reactive ketones (excluding diaryl/α,β-unsaturated/α-hetero) is 1. The van der Waals surface area contributed by atoms with Gasteiger partial charge in [0.05, 0.1) is 0 Å². The number of nitrogens with two attached hydrogens (primary N) is 2. The minimum Gasteiger partial charge on any atom is -0.399 e. The molecule has 2 aromatic carbocycles. The number of nitrogens with one attached hydrogen (secondary N) is 1. The summed E-state index contributed by atoms with van der Waals surface area (Å²) in [6, 6.07) is 15.3. The highest BCUT2D eigenvalue weighted by atomic mass is 16.1. The van der Waals surface area contributed by atoms with Gasteiger partial charge in [-0.25, -0.2) is 0 Å². The lowest BCUT2D eigenvalue weighted by atomic mass is 9.81. The van der Waals surface area contributed by atoms with Crippen molar-refractivity contribution in [1.82, 2.24) is 0 Å². The van der Waals surface area contributed by atoms with E-state index >= 15 is 0 Å². The van der Waals surface area contributed by atoms with Gasteiger partial charge in [0.25, 0.3) is 0 Å². The summed E-state index contributed by atoms with van der Waals surface area (Å²) in [7, 11) is 0. The Labute approximate surface area is 148 Å². The van der Waals surface area contributed by atoms with Crippen LogP contribution in [0.25, 0.3) is 12.2 Å². The summed E-state index contributed by atoms with van der Waals surface area (Å²) in [5, 5.41) is 0. The van der Waals surface area contributed by atoms with Crippen LogP contribution in [0.4, 0.5) is 11.4 Å². The van der Waals surface area contributed by atoms with Crippen molar-refractivity contribution in [3.63, 3.8) is 0 Å². The van der Waals surface area contributed by atoms with Crippen molar-refractivity contribution in [2.45, 2.75) is 19.8 Å². The minimum absolute atomic E-state index is 0.135. The van der Waals surface area contributed by atoms with Crippen molar-refractivity contribution >= 4 is 29.3 Å². The van der Waals surface area contributed by atoms with Crippen LogP contribution in [0.1, 0.15) is 30.9 Å². The SMILES string of the molecule is CC1C/C(=C\c2ccc(N)cc2)C(=O)/C(=C/c2ccc(NN)cc2)C1. The second kappa shape index (κ2) is 7.36. The first-order valence-corrected chi connectivity index (χ1v) is 8.43. The topological polar surface area (TPSA) is 81.1 Å². The summed E-state index contributed by atoms with van der Waals surface area (Å²) in [4.78, 5) is 12.9. The highest BCUT2D eigenvalue weighted by Gasteiger charge is 2.25. The summed E-state index contributed by atoms with van der Waals surface area (Å²) in [6.07, 6.45) is 5.56. The fourth-order valence-electron chi connectivity index (χ4n) is 3.13. The van der Waals surface area contributed by atoms with Crippen molar-refractivity contribution in [1.29, 1.82) is 0 Å². The summed E-state index contributed by atoms with van der Waals surface area (Å²) in [5.41, 5.74) is 13.6. The first kappa shape index (κ1) is 17.0. The molecule has 1 saturated carbocycles. The number of carbonyl (C=O) groups excluding carboxylic acids is 1. The zero-order chi connectivity index (χ0) is 17.8. The van der Waals surface area contributed by atoms with Crippen molar-refractivity contribution < 1.29 is 4.79 Å². The number of carbonyl (C=O) groups is 1. The molecule has 4 nitrogen and oxygen atoms in total. The van der Waals surface area contributed by atoms with Crippen LogP contribution in [0, 0.1) is 5.92 Å². The summed E-state index contributed by atoms with van der Waals surface area (Å²) >= 11 is 0. The van der Waals surface area contributed by atoms with E-state index < -0.39 is 0 Å². The van der Waals surface area contributed by atoms with Crippen molar-refractivity contribution in [2.24, 2.45) is 11.8 Å². The van der Waals surface area contributed by atoms with E-state index in [1.54, 1.807) is 0 Å². The lowest BCUT2D eigenvalue weighted by Crippen LogP contribution is -2.18. The number of anilines is 2. The first-order valence-electron chi connectivity index (χ1n) is 8.43. The van der Waals surface area contributed by atoms with Gasteiger partial charge in [0.15, 0.2) is 5.78 Å². The molecule has 0 radical (unpaired) electrons. The average Bonchev–Trinajstić information content (AvgIpc) is 2.61. The van der Waals surface area contributed by atoms with Crippen molar-refractivity contribution in [3.8, 4) is 0 Å². The van der Waals surface area contributed by atoms with Crippen molar-refractivity contribution in [3.05, 3.63) is 70.8 Å². The number of hydrogen-bond acceptors (Lipinski definition) is 4. The predicted octanol–water partition coefficient (Wildman–Crippen LogP) is 4.02. The minimum atomic E-state index is 0.135. The summed E-state index contributed by atoms with van der Waals surface area (Å²) in [5.74, 6) is 5.96.